The smallest absolute Gasteiger partial charge is 0.164 e. The first-order valence-electron chi connectivity index (χ1n) is 20.3. The van der Waals surface area contributed by atoms with Gasteiger partial charge < -0.3 is 4.57 Å². The first-order chi connectivity index (χ1) is 29.3. The summed E-state index contributed by atoms with van der Waals surface area (Å²) in [5, 5.41) is 2.31. The molecule has 0 bridgehead atoms. The van der Waals surface area contributed by atoms with Crippen molar-refractivity contribution in [2.75, 3.05) is 0 Å². The van der Waals surface area contributed by atoms with E-state index in [-0.39, 0.29) is 5.82 Å². The second kappa shape index (κ2) is 15.0. The van der Waals surface area contributed by atoms with Gasteiger partial charge in [-0.1, -0.05) is 139 Å². The molecule has 5 heteroatoms. The lowest BCUT2D eigenvalue weighted by molar-refractivity contribution is 0.628. The summed E-state index contributed by atoms with van der Waals surface area (Å²) in [5.74, 6) is 1.31. The van der Waals surface area contributed by atoms with E-state index >= 15 is 0 Å². The Morgan fingerprint density at radius 2 is 0.850 bits per heavy atom. The van der Waals surface area contributed by atoms with Crippen molar-refractivity contribution < 1.29 is 4.39 Å². The summed E-state index contributed by atoms with van der Waals surface area (Å²) in [5.41, 5.74) is 16.9. The van der Waals surface area contributed by atoms with Gasteiger partial charge in [-0.3, -0.25) is 0 Å². The minimum atomic E-state index is -0.310. The number of benzene rings is 8. The zero-order valence-corrected chi connectivity index (χ0v) is 33.9. The third kappa shape index (κ3) is 6.74. The highest BCUT2D eigenvalue weighted by molar-refractivity contribution is 6.12. The minimum Gasteiger partial charge on any atom is -0.309 e. The van der Waals surface area contributed by atoms with Gasteiger partial charge in [0.2, 0.25) is 0 Å². The summed E-state index contributed by atoms with van der Waals surface area (Å²) < 4.78 is 17.3. The quantitative estimate of drug-likeness (QED) is 0.162. The van der Waals surface area contributed by atoms with Crippen LogP contribution in [0.2, 0.25) is 0 Å². The van der Waals surface area contributed by atoms with Gasteiger partial charge in [0.15, 0.2) is 17.5 Å². The summed E-state index contributed by atoms with van der Waals surface area (Å²) >= 11 is 0. The molecule has 0 aliphatic rings. The van der Waals surface area contributed by atoms with Gasteiger partial charge >= 0.3 is 0 Å². The molecule has 0 radical (unpaired) electrons. The minimum absolute atomic E-state index is 0.310. The molecule has 0 aliphatic heterocycles. The molecule has 0 atom stereocenters. The van der Waals surface area contributed by atoms with E-state index in [9.17, 15) is 4.39 Å². The topological polar surface area (TPSA) is 43.6 Å². The van der Waals surface area contributed by atoms with Gasteiger partial charge in [-0.25, -0.2) is 19.3 Å². The Morgan fingerprint density at radius 1 is 0.367 bits per heavy atom. The van der Waals surface area contributed by atoms with Crippen LogP contribution in [0.5, 0.6) is 0 Å². The average molecular weight is 777 g/mol. The van der Waals surface area contributed by atoms with Crippen LogP contribution in [-0.4, -0.2) is 19.5 Å². The number of rotatable bonds is 7. The van der Waals surface area contributed by atoms with Gasteiger partial charge in [0.1, 0.15) is 5.82 Å². The largest absolute Gasteiger partial charge is 0.309 e. The Bertz CT molecular complexity index is 3090. The van der Waals surface area contributed by atoms with Crippen LogP contribution in [-0.2, 0) is 0 Å². The molecule has 0 aliphatic carbocycles. The predicted molar refractivity (Wildman–Crippen MR) is 246 cm³/mol. The molecule has 10 aromatic rings. The molecule has 0 saturated heterocycles. The van der Waals surface area contributed by atoms with Crippen molar-refractivity contribution >= 4 is 21.8 Å². The number of fused-ring (bicyclic) bond motifs is 3. The standard InChI is InChI=1S/C55H41FN4/c1-34-18-23-45(36(3)28-34)41-20-26-51-48(31-41)49-32-42(46-24-19-35(2)29-37(46)4)21-27-52(49)60(51)44-22-25-47(40-16-11-17-43(56)30-40)50(33-44)55-58-53(38-12-7-5-8-13-38)57-54(59-55)39-14-9-6-10-15-39/h5-33H,1-4H3. The Kier molecular flexibility index (Phi) is 9.22. The molecule has 0 saturated carbocycles. The van der Waals surface area contributed by atoms with E-state index < -0.39 is 0 Å². The van der Waals surface area contributed by atoms with E-state index in [2.05, 4.69) is 123 Å². The normalized spacial score (nSPS) is 11.4. The summed E-state index contributed by atoms with van der Waals surface area (Å²) in [6, 6.07) is 59.9. The predicted octanol–water partition coefficient (Wildman–Crippen LogP) is 14.3. The maximum atomic E-state index is 15.0. The summed E-state index contributed by atoms with van der Waals surface area (Å²) in [6.07, 6.45) is 0. The third-order valence-corrected chi connectivity index (χ3v) is 11.5. The highest BCUT2D eigenvalue weighted by Gasteiger charge is 2.20. The van der Waals surface area contributed by atoms with Crippen LogP contribution in [0.3, 0.4) is 0 Å². The Labute approximate surface area is 349 Å². The fraction of sp³-hybridized carbons (Fsp3) is 0.0727. The SMILES string of the molecule is Cc1ccc(-c2ccc3c(c2)c2cc(-c4ccc(C)cc4C)ccc2n3-c2ccc(-c3cccc(F)c3)c(-c3nc(-c4ccccc4)nc(-c4ccccc4)n3)c2)c(C)c1. The molecule has 288 valence electrons. The van der Waals surface area contributed by atoms with Gasteiger partial charge in [0.25, 0.3) is 0 Å². The van der Waals surface area contributed by atoms with Crippen molar-refractivity contribution in [2.24, 2.45) is 0 Å². The maximum Gasteiger partial charge on any atom is 0.164 e. The fourth-order valence-corrected chi connectivity index (χ4v) is 8.60. The summed E-state index contributed by atoms with van der Waals surface area (Å²) in [6.45, 7) is 8.64. The number of aromatic nitrogens is 4. The van der Waals surface area contributed by atoms with Crippen LogP contribution in [0.25, 0.3) is 95.0 Å². The molecule has 10 rings (SSSR count). The first-order valence-corrected chi connectivity index (χ1v) is 20.3. The molecular weight excluding hydrogens is 736 g/mol. The second-order valence-electron chi connectivity index (χ2n) is 15.7. The highest BCUT2D eigenvalue weighted by atomic mass is 19.1. The molecule has 0 spiro atoms. The number of halogens is 1. The van der Waals surface area contributed by atoms with E-state index in [0.717, 1.165) is 55.3 Å². The molecular formula is C55H41FN4. The second-order valence-corrected chi connectivity index (χ2v) is 15.7. The van der Waals surface area contributed by atoms with Crippen molar-refractivity contribution in [3.63, 3.8) is 0 Å². The van der Waals surface area contributed by atoms with Crippen LogP contribution >= 0.6 is 0 Å². The van der Waals surface area contributed by atoms with Crippen molar-refractivity contribution in [3.8, 4) is 73.2 Å². The van der Waals surface area contributed by atoms with Gasteiger partial charge in [-0.05, 0) is 121 Å². The fourth-order valence-electron chi connectivity index (χ4n) is 8.60. The zero-order valence-electron chi connectivity index (χ0n) is 33.9. The number of hydrogen-bond acceptors (Lipinski definition) is 3. The Balaban J connectivity index is 1.24. The Hall–Kier alpha value is -7.50. The third-order valence-electron chi connectivity index (χ3n) is 11.5. The van der Waals surface area contributed by atoms with E-state index in [4.69, 9.17) is 15.0 Å². The first kappa shape index (κ1) is 36.8. The molecule has 8 aromatic carbocycles. The monoisotopic (exact) mass is 776 g/mol. The van der Waals surface area contributed by atoms with E-state index in [1.54, 1.807) is 12.1 Å². The van der Waals surface area contributed by atoms with Gasteiger partial charge in [0, 0.05) is 33.2 Å². The van der Waals surface area contributed by atoms with Crippen LogP contribution in [0.1, 0.15) is 22.3 Å². The number of nitrogens with zero attached hydrogens (tertiary/aromatic N) is 4. The molecule has 0 amide bonds. The van der Waals surface area contributed by atoms with Crippen molar-refractivity contribution in [2.45, 2.75) is 27.7 Å². The van der Waals surface area contributed by atoms with Crippen molar-refractivity contribution in [1.29, 1.82) is 0 Å². The van der Waals surface area contributed by atoms with Crippen LogP contribution in [0, 0.1) is 33.5 Å². The van der Waals surface area contributed by atoms with Gasteiger partial charge in [0.05, 0.1) is 11.0 Å². The van der Waals surface area contributed by atoms with Crippen LogP contribution in [0.4, 0.5) is 4.39 Å². The van der Waals surface area contributed by atoms with E-state index in [0.29, 0.717) is 17.5 Å². The zero-order chi connectivity index (χ0) is 40.9. The van der Waals surface area contributed by atoms with Crippen molar-refractivity contribution in [3.05, 3.63) is 204 Å². The van der Waals surface area contributed by atoms with Crippen molar-refractivity contribution in [1.82, 2.24) is 19.5 Å². The lowest BCUT2D eigenvalue weighted by Gasteiger charge is -2.16. The summed E-state index contributed by atoms with van der Waals surface area (Å²) in [4.78, 5) is 15.3. The highest BCUT2D eigenvalue weighted by Crippen LogP contribution is 2.41. The number of hydrogen-bond donors (Lipinski definition) is 0. The van der Waals surface area contributed by atoms with Gasteiger partial charge in [-0.15, -0.1) is 0 Å². The molecule has 0 N–H and O–H groups in total. The molecule has 4 nitrogen and oxygen atoms in total. The molecule has 60 heavy (non-hydrogen) atoms. The van der Waals surface area contributed by atoms with Crippen LogP contribution < -0.4 is 0 Å². The summed E-state index contributed by atoms with van der Waals surface area (Å²) in [7, 11) is 0. The lowest BCUT2D eigenvalue weighted by Crippen LogP contribution is -2.02. The number of aryl methyl sites for hydroxylation is 4. The van der Waals surface area contributed by atoms with Gasteiger partial charge in [-0.2, -0.15) is 0 Å². The van der Waals surface area contributed by atoms with E-state index in [1.165, 1.54) is 50.6 Å². The Morgan fingerprint density at radius 3 is 1.37 bits per heavy atom. The van der Waals surface area contributed by atoms with E-state index in [1.807, 2.05) is 66.7 Å². The molecule has 2 heterocycles. The lowest BCUT2D eigenvalue weighted by atomic mass is 9.95. The molecule has 0 fully saturated rings. The maximum absolute atomic E-state index is 15.0. The van der Waals surface area contributed by atoms with Crippen LogP contribution in [0.15, 0.2) is 176 Å². The molecule has 2 aromatic heterocycles. The average Bonchev–Trinajstić information content (AvgIpc) is 3.59. The molecule has 0 unspecified atom stereocenters.